The van der Waals surface area contributed by atoms with Crippen molar-refractivity contribution in [1.82, 2.24) is 4.90 Å². The van der Waals surface area contributed by atoms with Crippen LogP contribution in [-0.4, -0.2) is 35.7 Å². The zero-order valence-electron chi connectivity index (χ0n) is 8.34. The fourth-order valence-electron chi connectivity index (χ4n) is 2.30. The molecule has 0 radical (unpaired) electrons. The molecular weight excluding hydrogens is 150 g/mol. The molecule has 0 spiro atoms. The third-order valence-electron chi connectivity index (χ3n) is 3.10. The third kappa shape index (κ3) is 1.27. The van der Waals surface area contributed by atoms with Gasteiger partial charge in [0.1, 0.15) is 0 Å². The molecule has 2 fully saturated rings. The monoisotopic (exact) mass is 169 g/mol. The molecular formula is C10H19NO. The summed E-state index contributed by atoms with van der Waals surface area (Å²) in [6.07, 6.45) is 3.16. The summed E-state index contributed by atoms with van der Waals surface area (Å²) in [7, 11) is 0. The van der Waals surface area contributed by atoms with Gasteiger partial charge in [0.05, 0.1) is 12.7 Å². The average Bonchev–Trinajstić information content (AvgIpc) is 1.88. The Morgan fingerprint density at radius 3 is 2.42 bits per heavy atom. The van der Waals surface area contributed by atoms with Gasteiger partial charge in [-0.25, -0.2) is 0 Å². The van der Waals surface area contributed by atoms with E-state index in [0.717, 1.165) is 19.2 Å². The third-order valence-corrected chi connectivity index (χ3v) is 3.10. The molecule has 12 heavy (non-hydrogen) atoms. The maximum Gasteiger partial charge on any atom is 0.0731 e. The highest BCUT2D eigenvalue weighted by atomic mass is 16.5. The average molecular weight is 169 g/mol. The first kappa shape index (κ1) is 8.52. The van der Waals surface area contributed by atoms with Crippen molar-refractivity contribution >= 4 is 0 Å². The molecule has 0 N–H and O–H groups in total. The summed E-state index contributed by atoms with van der Waals surface area (Å²) in [4.78, 5) is 2.60. The predicted octanol–water partition coefficient (Wildman–Crippen LogP) is 1.65. The van der Waals surface area contributed by atoms with Crippen molar-refractivity contribution < 1.29 is 4.74 Å². The van der Waals surface area contributed by atoms with Crippen LogP contribution in [0.1, 0.15) is 33.6 Å². The van der Waals surface area contributed by atoms with Crippen LogP contribution >= 0.6 is 0 Å². The lowest BCUT2D eigenvalue weighted by molar-refractivity contribution is -0.146. The molecule has 2 rings (SSSR count). The Morgan fingerprint density at radius 2 is 2.00 bits per heavy atom. The molecule has 1 aliphatic heterocycles. The SMILES string of the molecule is CC(C)(C)N1CCOC2CCC21. The van der Waals surface area contributed by atoms with E-state index in [1.807, 2.05) is 0 Å². The van der Waals surface area contributed by atoms with E-state index in [9.17, 15) is 0 Å². The zero-order valence-corrected chi connectivity index (χ0v) is 8.34. The van der Waals surface area contributed by atoms with Gasteiger partial charge in [-0.1, -0.05) is 0 Å². The number of morpholine rings is 1. The van der Waals surface area contributed by atoms with Crippen LogP contribution in [0.4, 0.5) is 0 Å². The minimum Gasteiger partial charge on any atom is -0.375 e. The van der Waals surface area contributed by atoms with Gasteiger partial charge in [0.15, 0.2) is 0 Å². The number of fused-ring (bicyclic) bond motifs is 1. The van der Waals surface area contributed by atoms with Crippen LogP contribution in [0.2, 0.25) is 0 Å². The van der Waals surface area contributed by atoms with Crippen LogP contribution in [-0.2, 0) is 4.74 Å². The maximum absolute atomic E-state index is 5.66. The summed E-state index contributed by atoms with van der Waals surface area (Å²) in [6.45, 7) is 8.94. The quantitative estimate of drug-likeness (QED) is 0.546. The van der Waals surface area contributed by atoms with Crippen LogP contribution in [0.15, 0.2) is 0 Å². The smallest absolute Gasteiger partial charge is 0.0731 e. The fraction of sp³-hybridized carbons (Fsp3) is 1.00. The van der Waals surface area contributed by atoms with Crippen molar-refractivity contribution in [3.8, 4) is 0 Å². The molecule has 70 valence electrons. The summed E-state index contributed by atoms with van der Waals surface area (Å²) in [6, 6.07) is 0.721. The van der Waals surface area contributed by atoms with Gasteiger partial charge in [0.2, 0.25) is 0 Å². The second kappa shape index (κ2) is 2.71. The highest BCUT2D eigenvalue weighted by Crippen LogP contribution is 2.35. The van der Waals surface area contributed by atoms with Gasteiger partial charge < -0.3 is 4.74 Å². The van der Waals surface area contributed by atoms with Gasteiger partial charge in [-0.3, -0.25) is 4.90 Å². The number of ether oxygens (including phenoxy) is 1. The molecule has 2 atom stereocenters. The van der Waals surface area contributed by atoms with Gasteiger partial charge in [0, 0.05) is 18.1 Å². The normalized spacial score (nSPS) is 37.2. The van der Waals surface area contributed by atoms with Gasteiger partial charge in [-0.2, -0.15) is 0 Å². The summed E-state index contributed by atoms with van der Waals surface area (Å²) in [5.74, 6) is 0. The molecule has 1 saturated carbocycles. The van der Waals surface area contributed by atoms with Gasteiger partial charge in [0.25, 0.3) is 0 Å². The Labute approximate surface area is 74.9 Å². The predicted molar refractivity (Wildman–Crippen MR) is 49.2 cm³/mol. The molecule has 0 amide bonds. The molecule has 2 aliphatic rings. The first-order chi connectivity index (χ1) is 5.59. The van der Waals surface area contributed by atoms with E-state index >= 15 is 0 Å². The Balaban J connectivity index is 2.05. The lowest BCUT2D eigenvalue weighted by Gasteiger charge is -2.53. The van der Waals surface area contributed by atoms with E-state index < -0.39 is 0 Å². The van der Waals surface area contributed by atoms with E-state index in [1.165, 1.54) is 12.8 Å². The Morgan fingerprint density at radius 1 is 1.25 bits per heavy atom. The zero-order chi connectivity index (χ0) is 8.77. The van der Waals surface area contributed by atoms with Crippen LogP contribution < -0.4 is 0 Å². The summed E-state index contributed by atoms with van der Waals surface area (Å²) < 4.78 is 5.66. The topological polar surface area (TPSA) is 12.5 Å². The van der Waals surface area contributed by atoms with Gasteiger partial charge >= 0.3 is 0 Å². The summed E-state index contributed by atoms with van der Waals surface area (Å²) in [5.41, 5.74) is 0.327. The number of rotatable bonds is 0. The van der Waals surface area contributed by atoms with Crippen LogP contribution in [0.25, 0.3) is 0 Å². The van der Waals surface area contributed by atoms with E-state index in [0.29, 0.717) is 11.6 Å². The molecule has 2 nitrogen and oxygen atoms in total. The first-order valence-corrected chi connectivity index (χ1v) is 4.97. The minimum atomic E-state index is 0.327. The van der Waals surface area contributed by atoms with Crippen LogP contribution in [0.5, 0.6) is 0 Å². The fourth-order valence-corrected chi connectivity index (χ4v) is 2.30. The van der Waals surface area contributed by atoms with Crippen molar-refractivity contribution in [2.45, 2.75) is 51.3 Å². The van der Waals surface area contributed by atoms with Gasteiger partial charge in [-0.15, -0.1) is 0 Å². The Hall–Kier alpha value is -0.0800. The molecule has 1 saturated heterocycles. The van der Waals surface area contributed by atoms with E-state index in [-0.39, 0.29) is 0 Å². The number of hydrogen-bond donors (Lipinski definition) is 0. The lowest BCUT2D eigenvalue weighted by Crippen LogP contribution is -2.62. The highest BCUT2D eigenvalue weighted by molar-refractivity contribution is 4.97. The first-order valence-electron chi connectivity index (χ1n) is 4.97. The van der Waals surface area contributed by atoms with Crippen molar-refractivity contribution in [2.24, 2.45) is 0 Å². The van der Waals surface area contributed by atoms with E-state index in [1.54, 1.807) is 0 Å². The molecule has 0 aromatic heterocycles. The number of nitrogens with zero attached hydrogens (tertiary/aromatic N) is 1. The van der Waals surface area contributed by atoms with Crippen LogP contribution in [0.3, 0.4) is 0 Å². The Bertz CT molecular complexity index is 173. The van der Waals surface area contributed by atoms with Gasteiger partial charge in [-0.05, 0) is 33.6 Å². The molecule has 1 heterocycles. The summed E-state index contributed by atoms with van der Waals surface area (Å²) in [5, 5.41) is 0. The van der Waals surface area contributed by atoms with E-state index in [2.05, 4.69) is 25.7 Å². The molecule has 1 aliphatic carbocycles. The molecule has 0 aromatic carbocycles. The van der Waals surface area contributed by atoms with Crippen LogP contribution in [0, 0.1) is 0 Å². The number of hydrogen-bond acceptors (Lipinski definition) is 2. The maximum atomic E-state index is 5.66. The standard InChI is InChI=1S/C10H19NO/c1-10(2,3)11-6-7-12-9-5-4-8(9)11/h8-9H,4-7H2,1-3H3. The second-order valence-electron chi connectivity index (χ2n) is 4.92. The van der Waals surface area contributed by atoms with Crippen molar-refractivity contribution in [3.63, 3.8) is 0 Å². The second-order valence-corrected chi connectivity index (χ2v) is 4.92. The lowest BCUT2D eigenvalue weighted by atomic mass is 9.83. The summed E-state index contributed by atoms with van der Waals surface area (Å²) >= 11 is 0. The van der Waals surface area contributed by atoms with Crippen molar-refractivity contribution in [2.75, 3.05) is 13.2 Å². The molecule has 2 heteroatoms. The largest absolute Gasteiger partial charge is 0.375 e. The highest BCUT2D eigenvalue weighted by Gasteiger charge is 2.43. The Kier molecular flexibility index (Phi) is 1.92. The molecule has 2 unspecified atom stereocenters. The minimum absolute atomic E-state index is 0.327. The van der Waals surface area contributed by atoms with E-state index in [4.69, 9.17) is 4.74 Å². The molecule has 0 aromatic rings. The van der Waals surface area contributed by atoms with Crippen molar-refractivity contribution in [3.05, 3.63) is 0 Å². The van der Waals surface area contributed by atoms with Crippen molar-refractivity contribution in [1.29, 1.82) is 0 Å². The molecule has 0 bridgehead atoms.